The molecule has 1 saturated heterocycles. The number of carbonyl (C=O) groups excluding carboxylic acids is 1. The monoisotopic (exact) mass is 340 g/mol. The number of aromatic nitrogens is 3. The molecule has 1 amide bonds. The fraction of sp³-hybridized carbons (Fsp3) is 0.278. The summed E-state index contributed by atoms with van der Waals surface area (Å²) < 4.78 is 0. The molecule has 1 aliphatic rings. The van der Waals surface area contributed by atoms with Crippen LogP contribution >= 0.6 is 11.6 Å². The van der Waals surface area contributed by atoms with Crippen molar-refractivity contribution in [2.24, 2.45) is 0 Å². The number of para-hydroxylation sites is 1. The summed E-state index contributed by atoms with van der Waals surface area (Å²) in [6.45, 7) is 0.705. The van der Waals surface area contributed by atoms with Crippen molar-refractivity contribution in [3.63, 3.8) is 0 Å². The molecule has 0 aliphatic carbocycles. The smallest absolute Gasteiger partial charge is 0.273 e. The normalized spacial score (nSPS) is 18.0. The summed E-state index contributed by atoms with van der Waals surface area (Å²) in [4.78, 5) is 26.9. The fourth-order valence-electron chi connectivity index (χ4n) is 3.31. The number of aromatic amines is 1. The Kier molecular flexibility index (Phi) is 3.94. The van der Waals surface area contributed by atoms with Crippen LogP contribution in [0.15, 0.2) is 42.7 Å². The van der Waals surface area contributed by atoms with Crippen LogP contribution in [0, 0.1) is 0 Å². The molecule has 3 aromatic rings. The van der Waals surface area contributed by atoms with Gasteiger partial charge in [0, 0.05) is 24.3 Å². The topological polar surface area (TPSA) is 61.9 Å². The zero-order valence-corrected chi connectivity index (χ0v) is 13.8. The number of rotatable bonds is 2. The molecule has 0 radical (unpaired) electrons. The van der Waals surface area contributed by atoms with Gasteiger partial charge in [0.15, 0.2) is 0 Å². The minimum atomic E-state index is -0.0937. The molecule has 5 nitrogen and oxygen atoms in total. The first-order valence-corrected chi connectivity index (χ1v) is 8.47. The Labute approximate surface area is 144 Å². The summed E-state index contributed by atoms with van der Waals surface area (Å²) in [5.74, 6) is 0.735. The first-order chi connectivity index (χ1) is 11.7. The molecule has 4 rings (SSSR count). The molecule has 122 valence electrons. The highest BCUT2D eigenvalue weighted by atomic mass is 35.5. The molecule has 3 heterocycles. The molecular formula is C18H17ClN4O. The maximum atomic E-state index is 13.1. The van der Waals surface area contributed by atoms with E-state index >= 15 is 0 Å². The average molecular weight is 341 g/mol. The zero-order chi connectivity index (χ0) is 16.5. The van der Waals surface area contributed by atoms with Gasteiger partial charge < -0.3 is 9.88 Å². The van der Waals surface area contributed by atoms with Crippen LogP contribution in [-0.2, 0) is 0 Å². The lowest BCUT2D eigenvalue weighted by Crippen LogP contribution is -2.39. The van der Waals surface area contributed by atoms with Gasteiger partial charge in [0.2, 0.25) is 0 Å². The third-order valence-electron chi connectivity index (χ3n) is 4.48. The molecule has 1 N–H and O–H groups in total. The van der Waals surface area contributed by atoms with E-state index in [2.05, 4.69) is 15.0 Å². The summed E-state index contributed by atoms with van der Waals surface area (Å²) in [7, 11) is 0. The molecule has 6 heteroatoms. The highest BCUT2D eigenvalue weighted by Gasteiger charge is 2.31. The maximum absolute atomic E-state index is 13.1. The van der Waals surface area contributed by atoms with Crippen molar-refractivity contribution >= 4 is 28.4 Å². The molecule has 0 bridgehead atoms. The Hall–Kier alpha value is -2.40. The lowest BCUT2D eigenvalue weighted by Gasteiger charge is -2.34. The molecular weight excluding hydrogens is 324 g/mol. The van der Waals surface area contributed by atoms with Crippen LogP contribution in [0.3, 0.4) is 0 Å². The number of nitrogens with one attached hydrogen (secondary N) is 1. The number of pyridine rings is 1. The van der Waals surface area contributed by atoms with E-state index in [0.29, 0.717) is 17.3 Å². The van der Waals surface area contributed by atoms with Crippen molar-refractivity contribution in [1.82, 2.24) is 19.9 Å². The number of hydrogen-bond donors (Lipinski definition) is 1. The Balaban J connectivity index is 1.71. The number of fused-ring (bicyclic) bond motifs is 1. The lowest BCUT2D eigenvalue weighted by molar-refractivity contribution is 0.0595. The van der Waals surface area contributed by atoms with Gasteiger partial charge in [0.1, 0.15) is 11.5 Å². The number of likely N-dealkylation sites (tertiary alicyclic amines) is 1. The summed E-state index contributed by atoms with van der Waals surface area (Å²) in [5, 5.41) is 1.41. The zero-order valence-electron chi connectivity index (χ0n) is 13.1. The molecule has 1 atom stereocenters. The number of piperidine rings is 1. The summed E-state index contributed by atoms with van der Waals surface area (Å²) in [6.07, 6.45) is 6.49. The number of hydrogen-bond acceptors (Lipinski definition) is 3. The van der Waals surface area contributed by atoms with Crippen LogP contribution in [0.5, 0.6) is 0 Å². The van der Waals surface area contributed by atoms with E-state index in [1.54, 1.807) is 18.5 Å². The van der Waals surface area contributed by atoms with Crippen LogP contribution < -0.4 is 0 Å². The largest absolute Gasteiger partial charge is 0.347 e. The predicted molar refractivity (Wildman–Crippen MR) is 93.0 cm³/mol. The first kappa shape index (κ1) is 15.1. The Bertz CT molecular complexity index is 878. The van der Waals surface area contributed by atoms with E-state index in [9.17, 15) is 4.79 Å². The van der Waals surface area contributed by atoms with Crippen LogP contribution in [-0.4, -0.2) is 32.3 Å². The van der Waals surface area contributed by atoms with E-state index in [1.807, 2.05) is 29.2 Å². The van der Waals surface area contributed by atoms with E-state index in [1.165, 1.54) is 0 Å². The Morgan fingerprint density at radius 2 is 2.17 bits per heavy atom. The van der Waals surface area contributed by atoms with E-state index in [0.717, 1.165) is 36.0 Å². The number of carbonyl (C=O) groups is 1. The number of nitrogens with zero attached hydrogens (tertiary/aromatic N) is 3. The minimum Gasteiger partial charge on any atom is -0.347 e. The van der Waals surface area contributed by atoms with Crippen LogP contribution in [0.2, 0.25) is 5.02 Å². The summed E-state index contributed by atoms with van der Waals surface area (Å²) in [6, 6.07) is 9.22. The van der Waals surface area contributed by atoms with Crippen molar-refractivity contribution in [3.8, 4) is 0 Å². The first-order valence-electron chi connectivity index (χ1n) is 8.09. The number of halogens is 1. The van der Waals surface area contributed by atoms with Gasteiger partial charge in [-0.25, -0.2) is 9.97 Å². The van der Waals surface area contributed by atoms with E-state index in [4.69, 9.17) is 11.6 Å². The quantitative estimate of drug-likeness (QED) is 0.767. The molecule has 0 spiro atoms. The summed E-state index contributed by atoms with van der Waals surface area (Å²) >= 11 is 6.35. The Morgan fingerprint density at radius 1 is 1.29 bits per heavy atom. The molecule has 1 fully saturated rings. The highest BCUT2D eigenvalue weighted by Crippen LogP contribution is 2.31. The van der Waals surface area contributed by atoms with Crippen molar-refractivity contribution in [1.29, 1.82) is 0 Å². The van der Waals surface area contributed by atoms with Crippen LogP contribution in [0.4, 0.5) is 0 Å². The highest BCUT2D eigenvalue weighted by molar-refractivity contribution is 6.35. The van der Waals surface area contributed by atoms with Crippen LogP contribution in [0.25, 0.3) is 10.9 Å². The number of H-pyrrole nitrogens is 1. The van der Waals surface area contributed by atoms with Gasteiger partial charge in [0.05, 0.1) is 16.6 Å². The van der Waals surface area contributed by atoms with Crippen molar-refractivity contribution in [2.45, 2.75) is 25.3 Å². The van der Waals surface area contributed by atoms with Gasteiger partial charge in [0.25, 0.3) is 5.91 Å². The van der Waals surface area contributed by atoms with E-state index < -0.39 is 0 Å². The minimum absolute atomic E-state index is 0.0340. The van der Waals surface area contributed by atoms with Gasteiger partial charge in [-0.3, -0.25) is 4.79 Å². The lowest BCUT2D eigenvalue weighted by atomic mass is 10.0. The van der Waals surface area contributed by atoms with Crippen LogP contribution in [0.1, 0.15) is 41.6 Å². The molecule has 0 unspecified atom stereocenters. The molecule has 1 aliphatic heterocycles. The number of amides is 1. The van der Waals surface area contributed by atoms with Crippen molar-refractivity contribution in [3.05, 3.63) is 59.3 Å². The van der Waals surface area contributed by atoms with Gasteiger partial charge in [-0.2, -0.15) is 0 Å². The van der Waals surface area contributed by atoms with E-state index in [-0.39, 0.29) is 11.9 Å². The third-order valence-corrected chi connectivity index (χ3v) is 4.80. The fourth-order valence-corrected chi connectivity index (χ4v) is 3.57. The molecule has 2 aromatic heterocycles. The van der Waals surface area contributed by atoms with Gasteiger partial charge >= 0.3 is 0 Å². The Morgan fingerprint density at radius 3 is 3.00 bits per heavy atom. The second-order valence-corrected chi connectivity index (χ2v) is 6.40. The van der Waals surface area contributed by atoms with Crippen molar-refractivity contribution < 1.29 is 4.79 Å². The second-order valence-electron chi connectivity index (χ2n) is 5.99. The number of imidazole rings is 1. The average Bonchev–Trinajstić information content (AvgIpc) is 3.15. The van der Waals surface area contributed by atoms with Gasteiger partial charge in [-0.05, 0) is 31.4 Å². The predicted octanol–water partition coefficient (Wildman–Crippen LogP) is 3.98. The molecule has 24 heavy (non-hydrogen) atoms. The maximum Gasteiger partial charge on any atom is 0.273 e. The third kappa shape index (κ3) is 2.65. The van der Waals surface area contributed by atoms with Gasteiger partial charge in [-0.1, -0.05) is 29.8 Å². The van der Waals surface area contributed by atoms with Gasteiger partial charge in [-0.15, -0.1) is 0 Å². The SMILES string of the molecule is O=C(c1cc(Cl)c2ccccc2n1)N1CCCC[C@@H]1c1ncc[nH]1. The molecule has 0 saturated carbocycles. The second kappa shape index (κ2) is 6.24. The summed E-state index contributed by atoms with van der Waals surface area (Å²) in [5.41, 5.74) is 1.12. The standard InChI is InChI=1S/C18H17ClN4O/c19-13-11-15(22-14-6-2-1-5-12(13)14)18(24)23-10-4-3-7-16(23)17-20-8-9-21-17/h1-2,5-6,8-9,11,16H,3-4,7,10H2,(H,20,21)/t16-/m1/s1. The number of benzene rings is 1. The molecule has 1 aromatic carbocycles. The van der Waals surface area contributed by atoms with Crippen molar-refractivity contribution in [2.75, 3.05) is 6.54 Å².